The number of pyridine rings is 1. The highest BCUT2D eigenvalue weighted by Crippen LogP contribution is 2.31. The summed E-state index contributed by atoms with van der Waals surface area (Å²) in [4.78, 5) is 5.54. The van der Waals surface area contributed by atoms with Crippen LogP contribution in [-0.4, -0.2) is 11.2 Å². The number of benzene rings is 2. The number of thioether (sulfide) groups is 1. The second kappa shape index (κ2) is 5.65. The molecule has 2 N–H and O–H groups in total. The van der Waals surface area contributed by atoms with Gasteiger partial charge in [-0.2, -0.15) is 0 Å². The lowest BCUT2D eigenvalue weighted by atomic mass is 9.96. The van der Waals surface area contributed by atoms with E-state index in [0.717, 1.165) is 16.5 Å². The molecule has 0 aliphatic rings. The third-order valence-electron chi connectivity index (χ3n) is 3.51. The maximum atomic E-state index is 6.51. The number of nitrogens with two attached hydrogens (primary N) is 1. The molecule has 20 heavy (non-hydrogen) atoms. The van der Waals surface area contributed by atoms with Gasteiger partial charge in [0.15, 0.2) is 0 Å². The van der Waals surface area contributed by atoms with E-state index in [0.29, 0.717) is 0 Å². The molecule has 0 aliphatic heterocycles. The molecule has 2 aromatic carbocycles. The largest absolute Gasteiger partial charge is 0.320 e. The molecule has 3 rings (SSSR count). The lowest BCUT2D eigenvalue weighted by Crippen LogP contribution is -2.13. The summed E-state index contributed by atoms with van der Waals surface area (Å²) in [6.07, 6.45) is 5.84. The summed E-state index contributed by atoms with van der Waals surface area (Å²) >= 11 is 1.72. The fraction of sp³-hybridized carbons (Fsp3) is 0.118. The molecular weight excluding hydrogens is 264 g/mol. The van der Waals surface area contributed by atoms with Crippen molar-refractivity contribution >= 4 is 22.5 Å². The van der Waals surface area contributed by atoms with Gasteiger partial charge in [0, 0.05) is 22.7 Å². The van der Waals surface area contributed by atoms with Crippen LogP contribution >= 0.6 is 11.8 Å². The first kappa shape index (κ1) is 13.2. The Morgan fingerprint density at radius 3 is 2.55 bits per heavy atom. The number of rotatable bonds is 3. The summed E-state index contributed by atoms with van der Waals surface area (Å²) in [5.74, 6) is 0. The van der Waals surface area contributed by atoms with E-state index in [1.807, 2.05) is 36.7 Å². The third kappa shape index (κ3) is 2.30. The monoisotopic (exact) mass is 280 g/mol. The molecule has 3 aromatic rings. The molecule has 0 saturated carbocycles. The van der Waals surface area contributed by atoms with Gasteiger partial charge in [-0.05, 0) is 28.8 Å². The normalized spacial score (nSPS) is 12.5. The van der Waals surface area contributed by atoms with Gasteiger partial charge < -0.3 is 5.73 Å². The van der Waals surface area contributed by atoms with Gasteiger partial charge in [0.2, 0.25) is 0 Å². The quantitative estimate of drug-likeness (QED) is 0.737. The second-order valence-electron chi connectivity index (χ2n) is 4.67. The summed E-state index contributed by atoms with van der Waals surface area (Å²) in [6.45, 7) is 0. The van der Waals surface area contributed by atoms with E-state index in [4.69, 9.17) is 5.73 Å². The molecule has 1 unspecified atom stereocenters. The van der Waals surface area contributed by atoms with Crippen LogP contribution < -0.4 is 5.73 Å². The standard InChI is InChI=1S/C17H16N2S/c1-20-16-9-5-4-8-14(16)17(18)15-11-19-10-12-6-2-3-7-13(12)15/h2-11,17H,18H2,1H3. The fourth-order valence-corrected chi connectivity index (χ4v) is 3.12. The highest BCUT2D eigenvalue weighted by Gasteiger charge is 2.15. The van der Waals surface area contributed by atoms with Crippen molar-refractivity contribution in [3.8, 4) is 0 Å². The van der Waals surface area contributed by atoms with Gasteiger partial charge in [-0.15, -0.1) is 11.8 Å². The molecule has 0 fully saturated rings. The minimum Gasteiger partial charge on any atom is -0.320 e. The molecule has 0 spiro atoms. The third-order valence-corrected chi connectivity index (χ3v) is 4.32. The van der Waals surface area contributed by atoms with Crippen LogP contribution in [-0.2, 0) is 0 Å². The van der Waals surface area contributed by atoms with Crippen molar-refractivity contribution in [2.24, 2.45) is 5.73 Å². The highest BCUT2D eigenvalue weighted by atomic mass is 32.2. The Kier molecular flexibility index (Phi) is 3.72. The summed E-state index contributed by atoms with van der Waals surface area (Å²) in [5.41, 5.74) is 8.73. The number of fused-ring (bicyclic) bond motifs is 1. The number of hydrogen-bond donors (Lipinski definition) is 1. The van der Waals surface area contributed by atoms with Gasteiger partial charge in [-0.1, -0.05) is 42.5 Å². The first-order chi connectivity index (χ1) is 9.81. The van der Waals surface area contributed by atoms with Crippen molar-refractivity contribution in [2.45, 2.75) is 10.9 Å². The lowest BCUT2D eigenvalue weighted by Gasteiger charge is -2.17. The van der Waals surface area contributed by atoms with E-state index < -0.39 is 0 Å². The molecule has 0 radical (unpaired) electrons. The zero-order valence-electron chi connectivity index (χ0n) is 11.3. The first-order valence-electron chi connectivity index (χ1n) is 6.52. The summed E-state index contributed by atoms with van der Waals surface area (Å²) in [6, 6.07) is 16.4. The zero-order valence-corrected chi connectivity index (χ0v) is 12.1. The van der Waals surface area contributed by atoms with Gasteiger partial charge in [0.1, 0.15) is 0 Å². The SMILES string of the molecule is CSc1ccccc1C(N)c1cncc2ccccc12. The predicted molar refractivity (Wildman–Crippen MR) is 86.0 cm³/mol. The second-order valence-corrected chi connectivity index (χ2v) is 5.52. The minimum atomic E-state index is -0.155. The smallest absolute Gasteiger partial charge is 0.0584 e. The zero-order chi connectivity index (χ0) is 13.9. The topological polar surface area (TPSA) is 38.9 Å². The van der Waals surface area contributed by atoms with Crippen LogP contribution in [0.5, 0.6) is 0 Å². The molecule has 1 atom stereocenters. The fourth-order valence-electron chi connectivity index (χ4n) is 2.48. The minimum absolute atomic E-state index is 0.155. The van der Waals surface area contributed by atoms with Crippen molar-refractivity contribution in [2.75, 3.05) is 6.26 Å². The van der Waals surface area contributed by atoms with Gasteiger partial charge >= 0.3 is 0 Å². The van der Waals surface area contributed by atoms with Gasteiger partial charge in [-0.25, -0.2) is 0 Å². The van der Waals surface area contributed by atoms with Crippen molar-refractivity contribution < 1.29 is 0 Å². The maximum absolute atomic E-state index is 6.51. The average molecular weight is 280 g/mol. The van der Waals surface area contributed by atoms with Gasteiger partial charge in [0.05, 0.1) is 6.04 Å². The summed E-state index contributed by atoms with van der Waals surface area (Å²) in [7, 11) is 0. The van der Waals surface area contributed by atoms with Crippen LogP contribution in [0.15, 0.2) is 65.8 Å². The first-order valence-corrected chi connectivity index (χ1v) is 7.75. The van der Waals surface area contributed by atoms with Crippen LogP contribution in [0.4, 0.5) is 0 Å². The average Bonchev–Trinajstić information content (AvgIpc) is 2.53. The summed E-state index contributed by atoms with van der Waals surface area (Å²) < 4.78 is 0. The van der Waals surface area contributed by atoms with Gasteiger partial charge in [0.25, 0.3) is 0 Å². The molecule has 1 aromatic heterocycles. The van der Waals surface area contributed by atoms with Crippen molar-refractivity contribution in [1.29, 1.82) is 0 Å². The molecule has 0 bridgehead atoms. The van der Waals surface area contributed by atoms with E-state index in [-0.39, 0.29) is 6.04 Å². The van der Waals surface area contributed by atoms with Crippen LogP contribution in [0.2, 0.25) is 0 Å². The van der Waals surface area contributed by atoms with Crippen molar-refractivity contribution in [3.05, 3.63) is 72.1 Å². The van der Waals surface area contributed by atoms with E-state index in [2.05, 4.69) is 35.5 Å². The van der Waals surface area contributed by atoms with E-state index in [1.54, 1.807) is 11.8 Å². The van der Waals surface area contributed by atoms with Crippen molar-refractivity contribution in [3.63, 3.8) is 0 Å². The molecule has 0 saturated heterocycles. The van der Waals surface area contributed by atoms with Crippen LogP contribution in [0.3, 0.4) is 0 Å². The Labute approximate surface area is 123 Å². The Balaban J connectivity index is 2.15. The molecule has 2 nitrogen and oxygen atoms in total. The van der Waals surface area contributed by atoms with Crippen LogP contribution in [0, 0.1) is 0 Å². The number of aromatic nitrogens is 1. The molecule has 0 amide bonds. The van der Waals surface area contributed by atoms with E-state index in [9.17, 15) is 0 Å². The van der Waals surface area contributed by atoms with Crippen LogP contribution in [0.25, 0.3) is 10.8 Å². The molecule has 100 valence electrons. The number of nitrogens with zero attached hydrogens (tertiary/aromatic N) is 1. The van der Waals surface area contributed by atoms with Gasteiger partial charge in [-0.3, -0.25) is 4.98 Å². The van der Waals surface area contributed by atoms with Crippen molar-refractivity contribution in [1.82, 2.24) is 4.98 Å². The highest BCUT2D eigenvalue weighted by molar-refractivity contribution is 7.98. The number of hydrogen-bond acceptors (Lipinski definition) is 3. The molecule has 3 heteroatoms. The van der Waals surface area contributed by atoms with Crippen LogP contribution in [0.1, 0.15) is 17.2 Å². The lowest BCUT2D eigenvalue weighted by molar-refractivity contribution is 0.850. The molecular formula is C17H16N2S. The van der Waals surface area contributed by atoms with E-state index >= 15 is 0 Å². The van der Waals surface area contributed by atoms with E-state index in [1.165, 1.54) is 10.3 Å². The predicted octanol–water partition coefficient (Wildman–Crippen LogP) is 4.00. The Morgan fingerprint density at radius 2 is 1.70 bits per heavy atom. The Hall–Kier alpha value is -1.84. The Morgan fingerprint density at radius 1 is 0.950 bits per heavy atom. The molecule has 1 heterocycles. The summed E-state index contributed by atoms with van der Waals surface area (Å²) in [5, 5.41) is 2.30. The molecule has 0 aliphatic carbocycles. The Bertz CT molecular complexity index is 734. The maximum Gasteiger partial charge on any atom is 0.0584 e.